The number of nitrogens with zero attached hydrogens (tertiary/aromatic N) is 4. The third-order valence-corrected chi connectivity index (χ3v) is 13.4. The number of quaternary nitrogens is 1. The van der Waals surface area contributed by atoms with Crippen molar-refractivity contribution in [2.45, 2.75) is 238 Å². The van der Waals surface area contributed by atoms with Gasteiger partial charge in [-0.3, -0.25) is 15.0 Å². The third-order valence-electron chi connectivity index (χ3n) is 13.4. The van der Waals surface area contributed by atoms with Gasteiger partial charge < -0.3 is 19.7 Å². The van der Waals surface area contributed by atoms with Crippen molar-refractivity contribution in [1.29, 1.82) is 0 Å². The Hall–Kier alpha value is -4.23. The van der Waals surface area contributed by atoms with Crippen LogP contribution in [0.1, 0.15) is 224 Å². The number of unbranched alkanes of at least 4 members (excludes halogenated alkanes) is 5. The molecule has 1 atom stereocenters. The second kappa shape index (κ2) is 47.9. The molecular weight excluding hydrogens is 938 g/mol. The molecule has 2 fully saturated rings. The van der Waals surface area contributed by atoms with E-state index in [1.165, 1.54) is 132 Å². The molecule has 76 heavy (non-hydrogen) atoms. The van der Waals surface area contributed by atoms with Crippen molar-refractivity contribution < 1.29 is 13.7 Å². The quantitative estimate of drug-likeness (QED) is 0.0367. The molecule has 0 spiro atoms. The summed E-state index contributed by atoms with van der Waals surface area (Å²) < 4.78 is 16.3. The zero-order valence-electron chi connectivity index (χ0n) is 53.3. The number of imidazole rings is 1. The topological polar surface area (TPSA) is 74.2 Å². The van der Waals surface area contributed by atoms with Gasteiger partial charge in [0, 0.05) is 49.4 Å². The Morgan fingerprint density at radius 1 is 0.789 bits per heavy atom. The standard InChI is InChI=1S/C25H34N4O.C19H31FN2.C6H15N.C5H10.C4H10.3C2H6.C2H2/c1-8-9-20(15-19(4)21-16-29(6,7)13-12-18(21)3)24(30)27-25-26-22-11-10-17(2)14-23(22)28(25)5;1-4-6-7-9-19(8-5-2)22-13-18(14-22)21-17-11-15(3)10-16(20)12-17;1-3-4-5-6-7-2;1-2-4-5-3-1;1-3-4-2;4*1-2/h9-11,14-15H,8,12-13,16H2,1-7H3;10-12,18-19,21H,4-9,13-14H2,1-3H3;7H,3-6H2,1-2H3;1-5H2;3-4H2,1-2H3;3*1-2H3;1-2H/p+1/b19-15+,20-9+;;;;;;;;. The van der Waals surface area contributed by atoms with Crippen LogP contribution in [0.25, 0.3) is 11.0 Å². The number of rotatable bonds is 19. The Morgan fingerprint density at radius 3 is 1.88 bits per heavy atom. The molecule has 3 heterocycles. The number of hydrogen-bond acceptors (Lipinski definition) is 5. The summed E-state index contributed by atoms with van der Waals surface area (Å²) in [5, 5.41) is 9.59. The van der Waals surface area contributed by atoms with E-state index >= 15 is 0 Å². The lowest BCUT2D eigenvalue weighted by molar-refractivity contribution is -0.887. The van der Waals surface area contributed by atoms with Crippen molar-refractivity contribution >= 4 is 28.6 Å². The van der Waals surface area contributed by atoms with E-state index in [9.17, 15) is 9.18 Å². The highest BCUT2D eigenvalue weighted by Crippen LogP contribution is 2.28. The van der Waals surface area contributed by atoms with E-state index in [2.05, 4.69) is 121 Å². The van der Waals surface area contributed by atoms with Gasteiger partial charge in [-0.1, -0.05) is 184 Å². The zero-order valence-corrected chi connectivity index (χ0v) is 53.3. The number of halogens is 1. The van der Waals surface area contributed by atoms with Crippen LogP contribution in [0.4, 0.5) is 16.0 Å². The van der Waals surface area contributed by atoms with E-state index in [1.807, 2.05) is 97.5 Å². The number of benzene rings is 2. The normalized spacial score (nSPS) is 15.0. The molecule has 8 nitrogen and oxygen atoms in total. The first kappa shape index (κ1) is 76.0. The van der Waals surface area contributed by atoms with Crippen LogP contribution in [0.15, 0.2) is 70.8 Å². The summed E-state index contributed by atoms with van der Waals surface area (Å²) in [4.78, 5) is 20.3. The Morgan fingerprint density at radius 2 is 1.37 bits per heavy atom. The first-order chi connectivity index (χ1) is 36.6. The average molecular weight is 1060 g/mol. The predicted octanol–water partition coefficient (Wildman–Crippen LogP) is 18.4. The molecule has 9 heteroatoms. The van der Waals surface area contributed by atoms with Crippen LogP contribution in [0.3, 0.4) is 0 Å². The van der Waals surface area contributed by atoms with Crippen molar-refractivity contribution in [3.8, 4) is 12.8 Å². The number of likely N-dealkylation sites (N-methyl/N-ethyl adjacent to an activating group) is 1. The van der Waals surface area contributed by atoms with Gasteiger partial charge in [-0.2, -0.15) is 0 Å². The van der Waals surface area contributed by atoms with Gasteiger partial charge in [-0.25, -0.2) is 9.37 Å². The molecule has 3 aromatic rings. The monoisotopic (exact) mass is 1060 g/mol. The Kier molecular flexibility index (Phi) is 47.9. The van der Waals surface area contributed by atoms with Crippen LogP contribution in [-0.2, 0) is 11.8 Å². The minimum Gasteiger partial charge on any atom is -0.380 e. The number of nitrogens with one attached hydrogen (secondary N) is 3. The van der Waals surface area contributed by atoms with Crippen LogP contribution >= 0.6 is 0 Å². The second-order valence-corrected chi connectivity index (χ2v) is 20.5. The summed E-state index contributed by atoms with van der Waals surface area (Å²) in [6.07, 6.45) is 36.0. The van der Waals surface area contributed by atoms with Gasteiger partial charge >= 0.3 is 0 Å². The van der Waals surface area contributed by atoms with Crippen molar-refractivity contribution in [2.75, 3.05) is 64.5 Å². The highest BCUT2D eigenvalue weighted by atomic mass is 19.1. The van der Waals surface area contributed by atoms with Gasteiger partial charge in [0.1, 0.15) is 12.4 Å². The first-order valence-electron chi connectivity index (χ1n) is 30.5. The Balaban J connectivity index is -0.00000100. The summed E-state index contributed by atoms with van der Waals surface area (Å²) in [5.74, 6) is 0.302. The molecule has 1 aliphatic carbocycles. The lowest BCUT2D eigenvalue weighted by Gasteiger charge is -2.45. The maximum Gasteiger partial charge on any atom is 0.257 e. The zero-order chi connectivity index (χ0) is 58.5. The molecular formula is C67H121FN7O+. The highest BCUT2D eigenvalue weighted by molar-refractivity contribution is 6.05. The van der Waals surface area contributed by atoms with Crippen molar-refractivity contribution in [3.05, 3.63) is 87.8 Å². The van der Waals surface area contributed by atoms with Gasteiger partial charge in [0.05, 0.1) is 37.7 Å². The van der Waals surface area contributed by atoms with E-state index in [0.717, 1.165) is 71.8 Å². The number of anilines is 2. The Labute approximate surface area is 470 Å². The number of fused-ring (bicyclic) bond motifs is 1. The molecule has 6 rings (SSSR count). The number of carbonyl (C=O) groups excluding carboxylic acids is 1. The third kappa shape index (κ3) is 32.5. The fourth-order valence-corrected chi connectivity index (χ4v) is 8.93. The van der Waals surface area contributed by atoms with E-state index in [4.69, 9.17) is 0 Å². The molecule has 1 aromatic heterocycles. The van der Waals surface area contributed by atoms with Gasteiger partial charge in [0.15, 0.2) is 0 Å². The van der Waals surface area contributed by atoms with Gasteiger partial charge in [-0.05, 0) is 120 Å². The number of hydrogen-bond donors (Lipinski definition) is 3. The number of allylic oxidation sites excluding steroid dienone is 1. The van der Waals surface area contributed by atoms with Crippen molar-refractivity contribution in [1.82, 2.24) is 19.8 Å². The van der Waals surface area contributed by atoms with Crippen LogP contribution in [0.5, 0.6) is 0 Å². The summed E-state index contributed by atoms with van der Waals surface area (Å²) in [5.41, 5.74) is 9.63. The maximum atomic E-state index is 13.4. The van der Waals surface area contributed by atoms with Crippen molar-refractivity contribution in [3.63, 3.8) is 0 Å². The van der Waals surface area contributed by atoms with E-state index in [1.54, 1.807) is 12.1 Å². The summed E-state index contributed by atoms with van der Waals surface area (Å²) in [6.45, 7) is 39.0. The molecule has 0 bridgehead atoms. The number of aromatic nitrogens is 2. The van der Waals surface area contributed by atoms with Crippen molar-refractivity contribution in [2.24, 2.45) is 7.05 Å². The molecule has 2 aliphatic heterocycles. The second-order valence-electron chi connectivity index (χ2n) is 20.5. The van der Waals surface area contributed by atoms with E-state index in [-0.39, 0.29) is 11.7 Å². The van der Waals surface area contributed by atoms with Gasteiger partial charge in [0.25, 0.3) is 5.91 Å². The number of amides is 1. The molecule has 3 aliphatic rings. The van der Waals surface area contributed by atoms with Gasteiger partial charge in [-0.15, -0.1) is 12.8 Å². The highest BCUT2D eigenvalue weighted by Gasteiger charge is 2.31. The Bertz CT molecular complexity index is 1980. The maximum absolute atomic E-state index is 13.4. The van der Waals surface area contributed by atoms with E-state index in [0.29, 0.717) is 17.6 Å². The molecule has 1 saturated heterocycles. The van der Waals surface area contributed by atoms with E-state index < -0.39 is 0 Å². The summed E-state index contributed by atoms with van der Waals surface area (Å²) >= 11 is 0. The van der Waals surface area contributed by atoms with Crippen LogP contribution in [-0.4, -0.2) is 90.8 Å². The number of aryl methyl sites for hydroxylation is 3. The number of likely N-dealkylation sites (tertiary alicyclic amines) is 1. The lowest BCUT2D eigenvalue weighted by Crippen LogP contribution is -2.58. The first-order valence-corrected chi connectivity index (χ1v) is 30.5. The molecule has 2 aromatic carbocycles. The number of terminal acetylenes is 1. The predicted molar refractivity (Wildman–Crippen MR) is 339 cm³/mol. The minimum absolute atomic E-state index is 0.117. The average Bonchev–Trinajstić information content (AvgIpc) is 4.10. The largest absolute Gasteiger partial charge is 0.380 e. The number of carbonyl (C=O) groups is 1. The van der Waals surface area contributed by atoms with Crippen LogP contribution < -0.4 is 16.0 Å². The summed E-state index contributed by atoms with van der Waals surface area (Å²) in [6, 6.07) is 12.5. The minimum atomic E-state index is -0.151. The molecule has 1 saturated carbocycles. The molecule has 0 radical (unpaired) electrons. The fraction of sp³-hybridized carbons (Fsp3) is 0.672. The van der Waals surface area contributed by atoms with Crippen LogP contribution in [0, 0.1) is 32.5 Å². The van der Waals surface area contributed by atoms with Gasteiger partial charge in [0.2, 0.25) is 5.95 Å². The molecule has 1 amide bonds. The van der Waals surface area contributed by atoms with Crippen LogP contribution in [0.2, 0.25) is 0 Å². The fourth-order valence-electron chi connectivity index (χ4n) is 8.93. The smallest absolute Gasteiger partial charge is 0.257 e. The summed E-state index contributed by atoms with van der Waals surface area (Å²) in [7, 11) is 8.46. The SMILES string of the molecule is C#C.C1CCCC1.CC.CC.CC.CC/C=C(\C=C(/C)C1=C(C)CC[N+](C)(C)C1)C(=O)Nc1nc2ccc(C)cc2n1C.CCCC.CCCCCC(CCC)N1CC(Nc2cc(C)cc(F)c2)C1.CCCCCNC. The molecule has 436 valence electrons. The molecule has 3 N–H and O–H groups in total. The lowest BCUT2D eigenvalue weighted by atomic mass is 9.93. The molecule has 1 unspecified atom stereocenters.